The molecule has 0 aromatic rings. The molecular formula is C12H23N3O3S. The molecule has 1 saturated heterocycles. The van der Waals surface area contributed by atoms with E-state index in [0.29, 0.717) is 6.54 Å². The van der Waals surface area contributed by atoms with Crippen LogP contribution < -0.4 is 5.32 Å². The number of hydrogen-bond acceptors (Lipinski definition) is 3. The summed E-state index contributed by atoms with van der Waals surface area (Å²) >= 11 is 0. The van der Waals surface area contributed by atoms with E-state index in [1.165, 1.54) is 11.4 Å². The van der Waals surface area contributed by atoms with Gasteiger partial charge in [0.15, 0.2) is 0 Å². The Labute approximate surface area is 115 Å². The molecule has 0 unspecified atom stereocenters. The van der Waals surface area contributed by atoms with Crippen LogP contribution in [-0.4, -0.2) is 55.2 Å². The third-order valence-electron chi connectivity index (χ3n) is 3.74. The van der Waals surface area contributed by atoms with E-state index in [1.807, 2.05) is 6.92 Å². The molecule has 0 radical (unpaired) electrons. The molecule has 1 atom stereocenters. The quantitative estimate of drug-likeness (QED) is 0.792. The average Bonchev–Trinajstić information content (AvgIpc) is 3.12. The molecule has 2 fully saturated rings. The predicted molar refractivity (Wildman–Crippen MR) is 72.7 cm³/mol. The zero-order valence-corrected chi connectivity index (χ0v) is 12.4. The second-order valence-electron chi connectivity index (χ2n) is 5.56. The highest BCUT2D eigenvalue weighted by Gasteiger charge is 2.34. The van der Waals surface area contributed by atoms with E-state index in [9.17, 15) is 13.2 Å². The molecule has 1 N–H and O–H groups in total. The molecule has 0 aromatic carbocycles. The second-order valence-corrected chi connectivity index (χ2v) is 7.55. The van der Waals surface area contributed by atoms with Crippen LogP contribution in [0.1, 0.15) is 39.0 Å². The number of nitrogens with one attached hydrogen (secondary N) is 1. The van der Waals surface area contributed by atoms with Gasteiger partial charge in [0.2, 0.25) is 5.91 Å². The van der Waals surface area contributed by atoms with Gasteiger partial charge in [-0.05, 0) is 32.6 Å². The molecule has 1 saturated carbocycles. The molecule has 0 aromatic heterocycles. The number of hydrogen-bond donors (Lipinski definition) is 1. The number of likely N-dealkylation sites (N-methyl/N-ethyl adjacent to an activating group) is 1. The lowest BCUT2D eigenvalue weighted by Crippen LogP contribution is -2.50. The van der Waals surface area contributed by atoms with Crippen LogP contribution in [0.3, 0.4) is 0 Å². The third-order valence-corrected chi connectivity index (χ3v) is 5.79. The first-order valence-electron chi connectivity index (χ1n) is 6.93. The molecule has 1 heterocycles. The first-order chi connectivity index (χ1) is 8.91. The smallest absolute Gasteiger partial charge is 0.282 e. The monoisotopic (exact) mass is 289 g/mol. The van der Waals surface area contributed by atoms with E-state index in [0.717, 1.165) is 36.4 Å². The molecule has 110 valence electrons. The summed E-state index contributed by atoms with van der Waals surface area (Å²) in [5, 5.41) is 2.81. The van der Waals surface area contributed by atoms with Gasteiger partial charge in [0.05, 0.1) is 6.54 Å². The highest BCUT2D eigenvalue weighted by molar-refractivity contribution is 7.86. The number of nitrogens with zero attached hydrogens (tertiary/aromatic N) is 2. The van der Waals surface area contributed by atoms with E-state index >= 15 is 0 Å². The van der Waals surface area contributed by atoms with Gasteiger partial charge in [0.1, 0.15) is 0 Å². The lowest BCUT2D eigenvalue weighted by Gasteiger charge is -2.34. The Kier molecular flexibility index (Phi) is 4.47. The Morgan fingerprint density at radius 3 is 2.58 bits per heavy atom. The average molecular weight is 289 g/mol. The second kappa shape index (κ2) is 5.76. The van der Waals surface area contributed by atoms with Gasteiger partial charge in [-0.25, -0.2) is 0 Å². The summed E-state index contributed by atoms with van der Waals surface area (Å²) in [5.74, 6) is -0.210. The lowest BCUT2D eigenvalue weighted by atomic mass is 10.1. The summed E-state index contributed by atoms with van der Waals surface area (Å²) in [5.41, 5.74) is 0. The first kappa shape index (κ1) is 14.7. The van der Waals surface area contributed by atoms with Crippen LogP contribution >= 0.6 is 0 Å². The van der Waals surface area contributed by atoms with Crippen molar-refractivity contribution in [2.45, 2.75) is 51.1 Å². The Morgan fingerprint density at radius 2 is 2.00 bits per heavy atom. The molecule has 1 aliphatic heterocycles. The van der Waals surface area contributed by atoms with Crippen LogP contribution in [-0.2, 0) is 15.0 Å². The van der Waals surface area contributed by atoms with Gasteiger partial charge in [0.25, 0.3) is 10.2 Å². The molecular weight excluding hydrogens is 266 g/mol. The third kappa shape index (κ3) is 3.67. The van der Waals surface area contributed by atoms with Crippen LogP contribution in [0.25, 0.3) is 0 Å². The topological polar surface area (TPSA) is 69.7 Å². The summed E-state index contributed by atoms with van der Waals surface area (Å²) in [6.45, 7) is 2.38. The fourth-order valence-corrected chi connectivity index (χ4v) is 3.94. The van der Waals surface area contributed by atoms with Crippen molar-refractivity contribution in [2.75, 3.05) is 20.1 Å². The molecule has 0 spiro atoms. The molecule has 1 amide bonds. The number of amides is 1. The predicted octanol–water partition coefficient (Wildman–Crippen LogP) is 0.316. The molecule has 0 bridgehead atoms. The van der Waals surface area contributed by atoms with Crippen molar-refractivity contribution >= 4 is 16.1 Å². The van der Waals surface area contributed by atoms with Gasteiger partial charge in [-0.3, -0.25) is 4.79 Å². The van der Waals surface area contributed by atoms with E-state index in [1.54, 1.807) is 0 Å². The Bertz CT molecular complexity index is 434. The minimum atomic E-state index is -3.52. The summed E-state index contributed by atoms with van der Waals surface area (Å²) in [7, 11) is -2.04. The summed E-state index contributed by atoms with van der Waals surface area (Å²) in [6.07, 6.45) is 4.86. The minimum absolute atomic E-state index is 0.0210. The van der Waals surface area contributed by atoms with Gasteiger partial charge < -0.3 is 5.32 Å². The van der Waals surface area contributed by atoms with Gasteiger partial charge in [0, 0.05) is 25.7 Å². The maximum absolute atomic E-state index is 12.4. The molecule has 1 aliphatic carbocycles. The Hall–Kier alpha value is -0.660. The minimum Gasteiger partial charge on any atom is -0.352 e. The Balaban J connectivity index is 1.94. The SMILES string of the molecule is C[C@H]1CCCCN1S(=O)(=O)N(C)CC(=O)NC1CC1. The Morgan fingerprint density at radius 1 is 1.32 bits per heavy atom. The van der Waals surface area contributed by atoms with Crippen LogP contribution in [0.2, 0.25) is 0 Å². The van der Waals surface area contributed by atoms with Crippen molar-refractivity contribution in [3.63, 3.8) is 0 Å². The van der Waals surface area contributed by atoms with Gasteiger partial charge >= 0.3 is 0 Å². The van der Waals surface area contributed by atoms with E-state index in [4.69, 9.17) is 0 Å². The van der Waals surface area contributed by atoms with E-state index in [-0.39, 0.29) is 24.5 Å². The fourth-order valence-electron chi connectivity index (χ4n) is 2.38. The van der Waals surface area contributed by atoms with E-state index in [2.05, 4.69) is 5.32 Å². The van der Waals surface area contributed by atoms with E-state index < -0.39 is 10.2 Å². The zero-order chi connectivity index (χ0) is 14.0. The fraction of sp³-hybridized carbons (Fsp3) is 0.917. The van der Waals surface area contributed by atoms with Crippen LogP contribution in [0.4, 0.5) is 0 Å². The van der Waals surface area contributed by atoms with Crippen molar-refractivity contribution in [3.05, 3.63) is 0 Å². The molecule has 7 heteroatoms. The highest BCUT2D eigenvalue weighted by Crippen LogP contribution is 2.22. The standard InChI is InChI=1S/C12H23N3O3S/c1-10-5-3-4-8-15(10)19(17,18)14(2)9-12(16)13-11-6-7-11/h10-11H,3-9H2,1-2H3,(H,13,16)/t10-/m0/s1. The van der Waals surface area contributed by atoms with Crippen LogP contribution in [0, 0.1) is 0 Å². The molecule has 6 nitrogen and oxygen atoms in total. The lowest BCUT2D eigenvalue weighted by molar-refractivity contribution is -0.121. The van der Waals surface area contributed by atoms with Crippen molar-refractivity contribution in [1.82, 2.24) is 13.9 Å². The number of carbonyl (C=O) groups excluding carboxylic acids is 1. The number of piperidine rings is 1. The van der Waals surface area contributed by atoms with Gasteiger partial charge in [-0.2, -0.15) is 17.0 Å². The summed E-state index contributed by atoms with van der Waals surface area (Å²) in [6, 6.07) is 0.283. The first-order valence-corrected chi connectivity index (χ1v) is 8.33. The largest absolute Gasteiger partial charge is 0.352 e. The number of carbonyl (C=O) groups is 1. The molecule has 19 heavy (non-hydrogen) atoms. The van der Waals surface area contributed by atoms with Crippen LogP contribution in [0.5, 0.6) is 0 Å². The zero-order valence-electron chi connectivity index (χ0n) is 11.6. The number of rotatable bonds is 5. The van der Waals surface area contributed by atoms with Gasteiger partial charge in [-0.1, -0.05) is 6.42 Å². The maximum Gasteiger partial charge on any atom is 0.282 e. The van der Waals surface area contributed by atoms with Gasteiger partial charge in [-0.15, -0.1) is 0 Å². The van der Waals surface area contributed by atoms with Crippen molar-refractivity contribution < 1.29 is 13.2 Å². The normalized spacial score (nSPS) is 25.5. The van der Waals surface area contributed by atoms with Crippen molar-refractivity contribution in [1.29, 1.82) is 0 Å². The van der Waals surface area contributed by atoms with Crippen LogP contribution in [0.15, 0.2) is 0 Å². The van der Waals surface area contributed by atoms with Crippen molar-refractivity contribution in [2.24, 2.45) is 0 Å². The maximum atomic E-state index is 12.4. The molecule has 2 rings (SSSR count). The summed E-state index contributed by atoms with van der Waals surface area (Å²) in [4.78, 5) is 11.7. The highest BCUT2D eigenvalue weighted by atomic mass is 32.2. The summed E-state index contributed by atoms with van der Waals surface area (Å²) < 4.78 is 27.5. The molecule has 2 aliphatic rings. The van der Waals surface area contributed by atoms with Crippen molar-refractivity contribution in [3.8, 4) is 0 Å².